The first-order chi connectivity index (χ1) is 10.8. The molecule has 1 aromatic carbocycles. The molecule has 0 saturated heterocycles. The monoisotopic (exact) mass is 334 g/mol. The number of halogens is 1. The molecule has 8 heteroatoms. The van der Waals surface area contributed by atoms with Crippen LogP contribution in [0, 0.1) is 24.0 Å². The average molecular weight is 335 g/mol. The fraction of sp³-hybridized carbons (Fsp3) is 0.133. The highest BCUT2D eigenvalue weighted by Crippen LogP contribution is 2.37. The van der Waals surface area contributed by atoms with Crippen LogP contribution in [0.2, 0.25) is 0 Å². The van der Waals surface area contributed by atoms with E-state index in [0.717, 1.165) is 0 Å². The Morgan fingerprint density at radius 3 is 2.26 bits per heavy atom. The quantitative estimate of drug-likeness (QED) is 0.521. The summed E-state index contributed by atoms with van der Waals surface area (Å²) in [7, 11) is 0. The van der Waals surface area contributed by atoms with Gasteiger partial charge in [-0.3, -0.25) is 19.9 Å². The molecule has 0 aliphatic carbocycles. The van der Waals surface area contributed by atoms with Crippen LogP contribution in [0.15, 0.2) is 24.3 Å². The maximum Gasteiger partial charge on any atom is 0.338 e. The number of nitro groups is 1. The van der Waals surface area contributed by atoms with Crippen molar-refractivity contribution in [3.8, 4) is 11.1 Å². The van der Waals surface area contributed by atoms with Gasteiger partial charge >= 0.3 is 5.97 Å². The number of pyridine rings is 1. The third kappa shape index (κ3) is 2.91. The summed E-state index contributed by atoms with van der Waals surface area (Å²) >= 11 is 5.58. The van der Waals surface area contributed by atoms with Crippen molar-refractivity contribution in [2.24, 2.45) is 0 Å². The van der Waals surface area contributed by atoms with Crippen LogP contribution >= 0.6 is 11.6 Å². The number of carbonyl (C=O) groups is 2. The Morgan fingerprint density at radius 2 is 1.74 bits per heavy atom. The summed E-state index contributed by atoms with van der Waals surface area (Å²) in [5.74, 6) is -1.35. The van der Waals surface area contributed by atoms with Crippen molar-refractivity contribution in [1.82, 2.24) is 4.98 Å². The molecule has 7 nitrogen and oxygen atoms in total. The Balaban J connectivity index is 3.04. The number of para-hydroxylation sites is 1. The number of hydrogen-bond acceptors (Lipinski definition) is 5. The molecule has 0 unspecified atom stereocenters. The van der Waals surface area contributed by atoms with E-state index >= 15 is 0 Å². The summed E-state index contributed by atoms with van der Waals surface area (Å²) in [5, 5.41) is 19.8. The Kier molecular flexibility index (Phi) is 4.42. The maximum absolute atomic E-state index is 11.8. The standard InChI is InChI=1S/C15H11ClN2O5/c1-7-11(14(16)19)13(12(15(20)21)8(2)17-7)9-5-3-4-6-10(9)18(22)23/h3-6H,1-2H3,(H,20,21). The maximum atomic E-state index is 11.8. The van der Waals surface area contributed by atoms with Gasteiger partial charge in [-0.2, -0.15) is 0 Å². The zero-order valence-electron chi connectivity index (χ0n) is 12.2. The van der Waals surface area contributed by atoms with Crippen LogP contribution in [0.25, 0.3) is 11.1 Å². The second-order valence-corrected chi connectivity index (χ2v) is 5.10. The first kappa shape index (κ1) is 16.6. The number of aromatic carboxylic acids is 1. The van der Waals surface area contributed by atoms with Crippen molar-refractivity contribution in [3.63, 3.8) is 0 Å². The van der Waals surface area contributed by atoms with Crippen LogP contribution in [-0.2, 0) is 0 Å². The van der Waals surface area contributed by atoms with Gasteiger partial charge in [0.05, 0.1) is 33.0 Å². The Morgan fingerprint density at radius 1 is 1.17 bits per heavy atom. The van der Waals surface area contributed by atoms with Crippen LogP contribution < -0.4 is 0 Å². The average Bonchev–Trinajstić information content (AvgIpc) is 2.45. The van der Waals surface area contributed by atoms with Crippen molar-refractivity contribution in [3.05, 3.63) is 56.9 Å². The lowest BCUT2D eigenvalue weighted by molar-refractivity contribution is -0.384. The van der Waals surface area contributed by atoms with Gasteiger partial charge in [-0.25, -0.2) is 4.79 Å². The van der Waals surface area contributed by atoms with Crippen molar-refractivity contribution < 1.29 is 19.6 Å². The van der Waals surface area contributed by atoms with Gasteiger partial charge in [0.25, 0.3) is 10.9 Å². The van der Waals surface area contributed by atoms with Crippen molar-refractivity contribution in [2.75, 3.05) is 0 Å². The number of hydrogen-bond donors (Lipinski definition) is 1. The van der Waals surface area contributed by atoms with Gasteiger partial charge in [-0.05, 0) is 31.5 Å². The number of nitrogens with zero attached hydrogens (tertiary/aromatic N) is 2. The molecule has 1 aromatic heterocycles. The van der Waals surface area contributed by atoms with Crippen LogP contribution in [0.1, 0.15) is 32.1 Å². The molecule has 1 heterocycles. The summed E-state index contributed by atoms with van der Waals surface area (Å²) in [4.78, 5) is 38.0. The third-order valence-electron chi connectivity index (χ3n) is 3.34. The number of carboxylic acids is 1. The van der Waals surface area contributed by atoms with E-state index in [0.29, 0.717) is 0 Å². The summed E-state index contributed by atoms with van der Waals surface area (Å²) in [5.41, 5.74) is -0.482. The first-order valence-electron chi connectivity index (χ1n) is 6.43. The summed E-state index contributed by atoms with van der Waals surface area (Å²) in [6, 6.07) is 5.57. The minimum atomic E-state index is -1.35. The normalized spacial score (nSPS) is 10.4. The highest BCUT2D eigenvalue weighted by molar-refractivity contribution is 6.68. The second-order valence-electron chi connectivity index (χ2n) is 4.76. The second kappa shape index (κ2) is 6.13. The number of carboxylic acid groups (broad SMARTS) is 1. The molecule has 0 spiro atoms. The first-order valence-corrected chi connectivity index (χ1v) is 6.81. The summed E-state index contributed by atoms with van der Waals surface area (Å²) < 4.78 is 0. The Labute approximate surface area is 135 Å². The summed E-state index contributed by atoms with van der Waals surface area (Å²) in [6.45, 7) is 2.95. The van der Waals surface area contributed by atoms with E-state index in [1.807, 2.05) is 0 Å². The topological polar surface area (TPSA) is 110 Å². The Hall–Kier alpha value is -2.80. The van der Waals surface area contributed by atoms with Gasteiger partial charge < -0.3 is 5.11 Å². The lowest BCUT2D eigenvalue weighted by atomic mass is 9.92. The van der Waals surface area contributed by atoms with Crippen molar-refractivity contribution >= 4 is 28.5 Å². The minimum Gasteiger partial charge on any atom is -0.478 e. The van der Waals surface area contributed by atoms with E-state index in [1.54, 1.807) is 0 Å². The number of aromatic nitrogens is 1. The van der Waals surface area contributed by atoms with E-state index < -0.39 is 16.1 Å². The fourth-order valence-electron chi connectivity index (χ4n) is 2.47. The smallest absolute Gasteiger partial charge is 0.338 e. The molecule has 2 aromatic rings. The molecular formula is C15H11ClN2O5. The molecule has 23 heavy (non-hydrogen) atoms. The zero-order chi connectivity index (χ0) is 17.3. The van der Waals surface area contributed by atoms with E-state index in [1.165, 1.54) is 38.1 Å². The highest BCUT2D eigenvalue weighted by Gasteiger charge is 2.29. The molecule has 0 fully saturated rings. The number of carbonyl (C=O) groups excluding carboxylic acids is 1. The van der Waals surface area contributed by atoms with Crippen LogP contribution in [-0.4, -0.2) is 26.2 Å². The molecule has 118 valence electrons. The molecule has 0 radical (unpaired) electrons. The molecular weight excluding hydrogens is 324 g/mol. The molecule has 0 amide bonds. The van der Waals surface area contributed by atoms with Crippen LogP contribution in [0.5, 0.6) is 0 Å². The van der Waals surface area contributed by atoms with Crippen LogP contribution in [0.4, 0.5) is 5.69 Å². The largest absolute Gasteiger partial charge is 0.478 e. The fourth-order valence-corrected chi connectivity index (χ4v) is 2.70. The summed E-state index contributed by atoms with van der Waals surface area (Å²) in [6.07, 6.45) is 0. The molecule has 0 bridgehead atoms. The lowest BCUT2D eigenvalue weighted by Gasteiger charge is -2.15. The van der Waals surface area contributed by atoms with Gasteiger partial charge in [0.15, 0.2) is 0 Å². The third-order valence-corrected chi connectivity index (χ3v) is 3.53. The highest BCUT2D eigenvalue weighted by atomic mass is 35.5. The van der Waals surface area contributed by atoms with Crippen LogP contribution in [0.3, 0.4) is 0 Å². The van der Waals surface area contributed by atoms with Gasteiger partial charge in [-0.15, -0.1) is 0 Å². The van der Waals surface area contributed by atoms with Gasteiger partial charge in [0.1, 0.15) is 0 Å². The zero-order valence-corrected chi connectivity index (χ0v) is 12.9. The SMILES string of the molecule is Cc1nc(C)c(C(=O)Cl)c(-c2ccccc2[N+](=O)[O-])c1C(=O)O. The number of rotatable bonds is 4. The lowest BCUT2D eigenvalue weighted by Crippen LogP contribution is -2.12. The van der Waals surface area contributed by atoms with Crippen molar-refractivity contribution in [2.45, 2.75) is 13.8 Å². The molecule has 1 N–H and O–H groups in total. The molecule has 0 atom stereocenters. The van der Waals surface area contributed by atoms with Gasteiger partial charge in [0.2, 0.25) is 0 Å². The number of aryl methyl sites for hydroxylation is 2. The Bertz CT molecular complexity index is 810. The van der Waals surface area contributed by atoms with E-state index in [9.17, 15) is 24.8 Å². The van der Waals surface area contributed by atoms with Gasteiger partial charge in [0, 0.05) is 11.6 Å². The minimum absolute atomic E-state index is 0.00694. The van der Waals surface area contributed by atoms with Gasteiger partial charge in [-0.1, -0.05) is 12.1 Å². The predicted molar refractivity (Wildman–Crippen MR) is 82.9 cm³/mol. The predicted octanol–water partition coefficient (Wildman–Crippen LogP) is 3.35. The van der Waals surface area contributed by atoms with Crippen molar-refractivity contribution in [1.29, 1.82) is 0 Å². The van der Waals surface area contributed by atoms with E-state index in [-0.39, 0.29) is 39.3 Å². The van der Waals surface area contributed by atoms with E-state index in [2.05, 4.69) is 4.98 Å². The molecule has 0 aliphatic heterocycles. The molecule has 0 saturated carbocycles. The molecule has 2 rings (SSSR count). The molecule has 0 aliphatic rings. The van der Waals surface area contributed by atoms with E-state index in [4.69, 9.17) is 11.6 Å². The number of nitro benzene ring substituents is 1. The number of benzene rings is 1.